The Balaban J connectivity index is 2.27. The van der Waals surface area contributed by atoms with Crippen LogP contribution < -0.4 is 10.6 Å². The van der Waals surface area contributed by atoms with Gasteiger partial charge in [0.1, 0.15) is 5.82 Å². The third kappa shape index (κ3) is 3.50. The average Bonchev–Trinajstić information content (AvgIpc) is 2.38. The Bertz CT molecular complexity index is 599. The van der Waals surface area contributed by atoms with E-state index in [0.29, 0.717) is 11.6 Å². The van der Waals surface area contributed by atoms with Gasteiger partial charge in [0.25, 0.3) is 0 Å². The number of anilines is 1. The second-order valence-electron chi connectivity index (χ2n) is 4.98. The molecule has 2 aromatic carbocycles. The number of hydrogen-bond donors (Lipinski definition) is 1. The second kappa shape index (κ2) is 6.25. The summed E-state index contributed by atoms with van der Waals surface area (Å²) in [5, 5.41) is 0.711. The summed E-state index contributed by atoms with van der Waals surface area (Å²) in [5.41, 5.74) is 8.75. The summed E-state index contributed by atoms with van der Waals surface area (Å²) < 4.78 is 13.4. The molecule has 0 heterocycles. The van der Waals surface area contributed by atoms with Crippen molar-refractivity contribution in [1.82, 2.24) is 0 Å². The Labute approximate surface area is 124 Å². The smallest absolute Gasteiger partial charge is 0.123 e. The van der Waals surface area contributed by atoms with E-state index < -0.39 is 0 Å². The predicted octanol–water partition coefficient (Wildman–Crippen LogP) is 4.14. The van der Waals surface area contributed by atoms with Gasteiger partial charge in [0.05, 0.1) is 0 Å². The minimum Gasteiger partial charge on any atom is -0.370 e. The summed E-state index contributed by atoms with van der Waals surface area (Å²) in [4.78, 5) is 2.05. The summed E-state index contributed by atoms with van der Waals surface area (Å²) in [6, 6.07) is 12.2. The van der Waals surface area contributed by atoms with E-state index in [1.165, 1.54) is 12.1 Å². The van der Waals surface area contributed by atoms with E-state index in [4.69, 9.17) is 17.3 Å². The van der Waals surface area contributed by atoms with Crippen molar-refractivity contribution >= 4 is 17.3 Å². The van der Waals surface area contributed by atoms with Crippen LogP contribution in [-0.4, -0.2) is 7.05 Å². The highest BCUT2D eigenvalue weighted by molar-refractivity contribution is 6.30. The SMILES string of the molecule is C[C@H](N)c1cc(F)ccc1N(C)Cc1cccc(Cl)c1. The van der Waals surface area contributed by atoms with Crippen LogP contribution in [0.2, 0.25) is 5.02 Å². The quantitative estimate of drug-likeness (QED) is 0.918. The van der Waals surface area contributed by atoms with Crippen LogP contribution in [0.15, 0.2) is 42.5 Å². The molecule has 0 aliphatic carbocycles. The van der Waals surface area contributed by atoms with Crippen molar-refractivity contribution in [2.75, 3.05) is 11.9 Å². The van der Waals surface area contributed by atoms with Gasteiger partial charge < -0.3 is 10.6 Å². The van der Waals surface area contributed by atoms with Crippen LogP contribution in [0.1, 0.15) is 24.1 Å². The minimum absolute atomic E-state index is 0.220. The molecule has 20 heavy (non-hydrogen) atoms. The summed E-state index contributed by atoms with van der Waals surface area (Å²) in [6.45, 7) is 2.54. The molecule has 0 saturated heterocycles. The van der Waals surface area contributed by atoms with Gasteiger partial charge in [0.15, 0.2) is 0 Å². The highest BCUT2D eigenvalue weighted by Crippen LogP contribution is 2.26. The highest BCUT2D eigenvalue weighted by atomic mass is 35.5. The molecule has 0 amide bonds. The molecule has 0 fully saturated rings. The van der Waals surface area contributed by atoms with E-state index in [9.17, 15) is 4.39 Å². The van der Waals surface area contributed by atoms with Gasteiger partial charge in [-0.15, -0.1) is 0 Å². The first-order valence-electron chi connectivity index (χ1n) is 6.48. The lowest BCUT2D eigenvalue weighted by molar-refractivity contribution is 0.622. The van der Waals surface area contributed by atoms with Crippen molar-refractivity contribution < 1.29 is 4.39 Å². The van der Waals surface area contributed by atoms with Crippen molar-refractivity contribution in [2.24, 2.45) is 5.73 Å². The zero-order valence-corrected chi connectivity index (χ0v) is 12.4. The maximum absolute atomic E-state index is 13.4. The van der Waals surface area contributed by atoms with Crippen LogP contribution in [0.3, 0.4) is 0 Å². The fraction of sp³-hybridized carbons (Fsp3) is 0.250. The Morgan fingerprint density at radius 3 is 2.65 bits per heavy atom. The van der Waals surface area contributed by atoms with Crippen LogP contribution in [-0.2, 0) is 6.54 Å². The fourth-order valence-electron chi connectivity index (χ4n) is 2.23. The Kier molecular flexibility index (Phi) is 4.63. The molecular weight excluding hydrogens is 275 g/mol. The molecule has 0 aliphatic heterocycles. The van der Waals surface area contributed by atoms with Crippen molar-refractivity contribution in [2.45, 2.75) is 19.5 Å². The first-order valence-corrected chi connectivity index (χ1v) is 6.86. The van der Waals surface area contributed by atoms with E-state index in [2.05, 4.69) is 0 Å². The lowest BCUT2D eigenvalue weighted by atomic mass is 10.1. The number of benzene rings is 2. The molecule has 2 rings (SSSR count). The summed E-state index contributed by atoms with van der Waals surface area (Å²) >= 11 is 5.99. The molecular formula is C16H18ClFN2. The van der Waals surface area contributed by atoms with Crippen molar-refractivity contribution in [1.29, 1.82) is 0 Å². The average molecular weight is 293 g/mol. The van der Waals surface area contributed by atoms with Crippen molar-refractivity contribution in [3.8, 4) is 0 Å². The molecule has 0 spiro atoms. The molecule has 106 valence electrons. The molecule has 0 radical (unpaired) electrons. The second-order valence-corrected chi connectivity index (χ2v) is 5.41. The molecule has 0 bridgehead atoms. The van der Waals surface area contributed by atoms with Gasteiger partial charge >= 0.3 is 0 Å². The monoisotopic (exact) mass is 292 g/mol. The van der Waals surface area contributed by atoms with E-state index in [0.717, 1.165) is 16.8 Å². The van der Waals surface area contributed by atoms with E-state index in [1.54, 1.807) is 6.07 Å². The minimum atomic E-state index is -0.266. The first-order chi connectivity index (χ1) is 9.47. The van der Waals surface area contributed by atoms with Gasteiger partial charge in [-0.25, -0.2) is 4.39 Å². The fourth-order valence-corrected chi connectivity index (χ4v) is 2.44. The third-order valence-electron chi connectivity index (χ3n) is 3.20. The zero-order valence-electron chi connectivity index (χ0n) is 11.6. The highest BCUT2D eigenvalue weighted by Gasteiger charge is 2.12. The van der Waals surface area contributed by atoms with Crippen molar-refractivity contribution in [3.63, 3.8) is 0 Å². The number of nitrogens with two attached hydrogens (primary N) is 1. The van der Waals surface area contributed by atoms with Crippen LogP contribution in [0.5, 0.6) is 0 Å². The molecule has 2 aromatic rings. The van der Waals surface area contributed by atoms with Gasteiger partial charge in [-0.1, -0.05) is 23.7 Å². The summed E-state index contributed by atoms with van der Waals surface area (Å²) in [5.74, 6) is -0.266. The number of nitrogens with zero attached hydrogens (tertiary/aromatic N) is 1. The van der Waals surface area contributed by atoms with Crippen LogP contribution in [0.25, 0.3) is 0 Å². The van der Waals surface area contributed by atoms with Crippen LogP contribution >= 0.6 is 11.6 Å². The van der Waals surface area contributed by atoms with Gasteiger partial charge in [-0.3, -0.25) is 0 Å². The molecule has 2 N–H and O–H groups in total. The topological polar surface area (TPSA) is 29.3 Å². The van der Waals surface area contributed by atoms with Gasteiger partial charge in [0.2, 0.25) is 0 Å². The lowest BCUT2D eigenvalue weighted by Gasteiger charge is -2.24. The first kappa shape index (κ1) is 14.8. The molecule has 4 heteroatoms. The summed E-state index contributed by atoms with van der Waals surface area (Å²) in [6.07, 6.45) is 0. The third-order valence-corrected chi connectivity index (χ3v) is 3.44. The lowest BCUT2D eigenvalue weighted by Crippen LogP contribution is -2.20. The van der Waals surface area contributed by atoms with Gasteiger partial charge in [-0.05, 0) is 48.4 Å². The van der Waals surface area contributed by atoms with Crippen LogP contribution in [0, 0.1) is 5.82 Å². The maximum atomic E-state index is 13.4. The number of halogens is 2. The normalized spacial score (nSPS) is 12.2. The summed E-state index contributed by atoms with van der Waals surface area (Å²) in [7, 11) is 1.96. The van der Waals surface area contributed by atoms with Gasteiger partial charge in [0, 0.05) is 30.3 Å². The molecule has 1 atom stereocenters. The molecule has 0 saturated carbocycles. The van der Waals surface area contributed by atoms with E-state index in [-0.39, 0.29) is 11.9 Å². The van der Waals surface area contributed by atoms with Crippen molar-refractivity contribution in [3.05, 3.63) is 64.4 Å². The molecule has 0 aromatic heterocycles. The predicted molar refractivity (Wildman–Crippen MR) is 82.6 cm³/mol. The largest absolute Gasteiger partial charge is 0.370 e. The standard InChI is InChI=1S/C16H18ClFN2/c1-11(19)15-9-14(18)6-7-16(15)20(2)10-12-4-3-5-13(17)8-12/h3-9,11H,10,19H2,1-2H3/t11-/m0/s1. The number of hydrogen-bond acceptors (Lipinski definition) is 2. The molecule has 2 nitrogen and oxygen atoms in total. The van der Waals surface area contributed by atoms with E-state index in [1.807, 2.05) is 43.1 Å². The van der Waals surface area contributed by atoms with Gasteiger partial charge in [-0.2, -0.15) is 0 Å². The van der Waals surface area contributed by atoms with E-state index >= 15 is 0 Å². The Hall–Kier alpha value is -1.58. The zero-order chi connectivity index (χ0) is 14.7. The van der Waals surface area contributed by atoms with Crippen LogP contribution in [0.4, 0.5) is 10.1 Å². The Morgan fingerprint density at radius 2 is 2.00 bits per heavy atom. The molecule has 0 unspecified atom stereocenters. The molecule has 0 aliphatic rings. The number of rotatable bonds is 4. The maximum Gasteiger partial charge on any atom is 0.123 e. The Morgan fingerprint density at radius 1 is 1.25 bits per heavy atom.